The third-order valence-electron chi connectivity index (χ3n) is 3.56. The van der Waals surface area contributed by atoms with E-state index in [0.717, 1.165) is 28.4 Å². The van der Waals surface area contributed by atoms with Gasteiger partial charge in [-0.1, -0.05) is 26.0 Å². The first-order valence-electron chi connectivity index (χ1n) is 7.69. The molecule has 0 radical (unpaired) electrons. The molecule has 0 saturated carbocycles. The maximum absolute atomic E-state index is 12.6. The maximum atomic E-state index is 12.6. The second-order valence-electron chi connectivity index (χ2n) is 5.71. The van der Waals surface area contributed by atoms with Crippen LogP contribution in [0.2, 0.25) is 0 Å². The van der Waals surface area contributed by atoms with E-state index in [1.54, 1.807) is 23.1 Å². The van der Waals surface area contributed by atoms with Crippen molar-refractivity contribution in [3.63, 3.8) is 0 Å². The van der Waals surface area contributed by atoms with Gasteiger partial charge >= 0.3 is 0 Å². The Hall–Kier alpha value is -1.33. The van der Waals surface area contributed by atoms with Gasteiger partial charge < -0.3 is 0 Å². The van der Waals surface area contributed by atoms with Gasteiger partial charge in [-0.3, -0.25) is 10.1 Å². The van der Waals surface area contributed by atoms with E-state index < -0.39 is 0 Å². The van der Waals surface area contributed by atoms with Crippen molar-refractivity contribution >= 4 is 34.1 Å². The molecule has 2 aromatic rings. The van der Waals surface area contributed by atoms with E-state index in [2.05, 4.69) is 24.1 Å². The van der Waals surface area contributed by atoms with Gasteiger partial charge in [0.1, 0.15) is 0 Å². The van der Waals surface area contributed by atoms with Crippen molar-refractivity contribution in [1.82, 2.24) is 4.98 Å². The zero-order valence-electron chi connectivity index (χ0n) is 12.9. The highest BCUT2D eigenvalue weighted by Crippen LogP contribution is 2.31. The third-order valence-corrected chi connectivity index (χ3v) is 5.71. The van der Waals surface area contributed by atoms with Crippen molar-refractivity contribution in [2.24, 2.45) is 0 Å². The molecule has 0 saturated heterocycles. The van der Waals surface area contributed by atoms with Crippen LogP contribution >= 0.6 is 23.1 Å². The molecule has 0 fully saturated rings. The predicted octanol–water partition coefficient (Wildman–Crippen LogP) is 4.77. The number of hydrogen-bond donors (Lipinski definition) is 1. The largest absolute Gasteiger partial charge is 0.298 e. The van der Waals surface area contributed by atoms with Gasteiger partial charge in [-0.2, -0.15) is 0 Å². The molecule has 1 heterocycles. The molecule has 0 unspecified atom stereocenters. The number of thioether (sulfide) groups is 1. The van der Waals surface area contributed by atoms with E-state index in [1.807, 2.05) is 24.3 Å². The van der Waals surface area contributed by atoms with Crippen LogP contribution < -0.4 is 5.32 Å². The van der Waals surface area contributed by atoms with E-state index >= 15 is 0 Å². The summed E-state index contributed by atoms with van der Waals surface area (Å²) >= 11 is 3.34. The van der Waals surface area contributed by atoms with Crippen molar-refractivity contribution < 1.29 is 4.79 Å². The lowest BCUT2D eigenvalue weighted by atomic mass is 10.0. The fourth-order valence-electron chi connectivity index (χ4n) is 2.58. The Morgan fingerprint density at radius 1 is 1.27 bits per heavy atom. The first-order chi connectivity index (χ1) is 10.6. The standard InChI is InChI=1S/C17H20N2OS2/c1-11(2)21-14-9-5-3-7-12(14)16(20)19-17-18-13-8-4-6-10-15(13)22-17/h3,5,7,9,11H,4,6,8,10H2,1-2H3,(H,18,19,20). The van der Waals surface area contributed by atoms with Gasteiger partial charge in [0, 0.05) is 15.0 Å². The van der Waals surface area contributed by atoms with Crippen LogP contribution in [-0.2, 0) is 12.8 Å². The molecule has 1 aromatic carbocycles. The lowest BCUT2D eigenvalue weighted by molar-refractivity contribution is 0.102. The Balaban J connectivity index is 1.78. The maximum Gasteiger partial charge on any atom is 0.258 e. The fourth-order valence-corrected chi connectivity index (χ4v) is 4.58. The number of benzene rings is 1. The summed E-state index contributed by atoms with van der Waals surface area (Å²) in [6, 6.07) is 7.77. The van der Waals surface area contributed by atoms with Crippen LogP contribution in [0.3, 0.4) is 0 Å². The minimum Gasteiger partial charge on any atom is -0.298 e. The summed E-state index contributed by atoms with van der Waals surface area (Å²) in [5, 5.41) is 4.17. The normalized spacial score (nSPS) is 14.0. The number of nitrogens with zero attached hydrogens (tertiary/aromatic N) is 1. The second kappa shape index (κ2) is 6.84. The Kier molecular flexibility index (Phi) is 4.84. The van der Waals surface area contributed by atoms with Crippen LogP contribution in [0, 0.1) is 0 Å². The van der Waals surface area contributed by atoms with Crippen LogP contribution in [0.15, 0.2) is 29.2 Å². The second-order valence-corrected chi connectivity index (χ2v) is 8.41. The number of carbonyl (C=O) groups is 1. The molecular weight excluding hydrogens is 312 g/mol. The van der Waals surface area contributed by atoms with Crippen molar-refractivity contribution in [3.8, 4) is 0 Å². The van der Waals surface area contributed by atoms with Crippen LogP contribution in [-0.4, -0.2) is 16.1 Å². The first kappa shape index (κ1) is 15.6. The summed E-state index contributed by atoms with van der Waals surface area (Å²) in [6.45, 7) is 4.27. The molecule has 1 aromatic heterocycles. The Morgan fingerprint density at radius 2 is 2.05 bits per heavy atom. The highest BCUT2D eigenvalue weighted by atomic mass is 32.2. The fraction of sp³-hybridized carbons (Fsp3) is 0.412. The van der Waals surface area contributed by atoms with Gasteiger partial charge in [-0.05, 0) is 37.8 Å². The first-order valence-corrected chi connectivity index (χ1v) is 9.38. The number of fused-ring (bicyclic) bond motifs is 1. The van der Waals surface area contributed by atoms with E-state index in [4.69, 9.17) is 0 Å². The number of aromatic nitrogens is 1. The van der Waals surface area contributed by atoms with Crippen LogP contribution in [0.5, 0.6) is 0 Å². The summed E-state index contributed by atoms with van der Waals surface area (Å²) < 4.78 is 0. The Bertz CT molecular complexity index is 656. The summed E-state index contributed by atoms with van der Waals surface area (Å²) in [5.41, 5.74) is 1.91. The minimum absolute atomic E-state index is 0.0603. The highest BCUT2D eigenvalue weighted by molar-refractivity contribution is 8.00. The molecule has 3 rings (SSSR count). The molecular formula is C17H20N2OS2. The third kappa shape index (κ3) is 3.52. The minimum atomic E-state index is -0.0603. The summed E-state index contributed by atoms with van der Waals surface area (Å²) in [4.78, 5) is 19.5. The number of thiazole rings is 1. The molecule has 0 atom stereocenters. The van der Waals surface area contributed by atoms with Gasteiger partial charge in [0.25, 0.3) is 5.91 Å². The average Bonchev–Trinajstić information content (AvgIpc) is 2.89. The molecule has 0 bridgehead atoms. The average molecular weight is 332 g/mol. The van der Waals surface area contributed by atoms with Gasteiger partial charge in [0.05, 0.1) is 11.3 Å². The van der Waals surface area contributed by atoms with E-state index in [9.17, 15) is 4.79 Å². The van der Waals surface area contributed by atoms with Gasteiger partial charge in [-0.25, -0.2) is 4.98 Å². The number of anilines is 1. The topological polar surface area (TPSA) is 42.0 Å². The molecule has 0 spiro atoms. The van der Waals surface area contributed by atoms with Crippen molar-refractivity contribution in [2.75, 3.05) is 5.32 Å². The molecule has 3 nitrogen and oxygen atoms in total. The number of carbonyl (C=O) groups excluding carboxylic acids is 1. The summed E-state index contributed by atoms with van der Waals surface area (Å²) in [7, 11) is 0. The molecule has 1 amide bonds. The number of rotatable bonds is 4. The Morgan fingerprint density at radius 3 is 2.82 bits per heavy atom. The van der Waals surface area contributed by atoms with Gasteiger partial charge in [0.2, 0.25) is 0 Å². The SMILES string of the molecule is CC(C)Sc1ccccc1C(=O)Nc1nc2c(s1)CCCC2. The molecule has 0 aliphatic heterocycles. The number of amides is 1. The van der Waals surface area contributed by atoms with E-state index in [-0.39, 0.29) is 5.91 Å². The lowest BCUT2D eigenvalue weighted by Crippen LogP contribution is -2.13. The van der Waals surface area contributed by atoms with E-state index in [0.29, 0.717) is 5.25 Å². The molecule has 1 N–H and O–H groups in total. The highest BCUT2D eigenvalue weighted by Gasteiger charge is 2.18. The number of aryl methyl sites for hydroxylation is 2. The van der Waals surface area contributed by atoms with Gasteiger partial charge in [-0.15, -0.1) is 23.1 Å². The molecule has 116 valence electrons. The molecule has 1 aliphatic rings. The molecule has 1 aliphatic carbocycles. The lowest BCUT2D eigenvalue weighted by Gasteiger charge is -2.10. The van der Waals surface area contributed by atoms with Crippen molar-refractivity contribution in [3.05, 3.63) is 40.4 Å². The summed E-state index contributed by atoms with van der Waals surface area (Å²) in [6.07, 6.45) is 4.58. The zero-order valence-corrected chi connectivity index (χ0v) is 14.5. The number of hydrogen-bond acceptors (Lipinski definition) is 4. The smallest absolute Gasteiger partial charge is 0.258 e. The zero-order chi connectivity index (χ0) is 15.5. The predicted molar refractivity (Wildman–Crippen MR) is 94.1 cm³/mol. The summed E-state index contributed by atoms with van der Waals surface area (Å²) in [5.74, 6) is -0.0603. The van der Waals surface area contributed by atoms with Crippen molar-refractivity contribution in [2.45, 2.75) is 49.7 Å². The monoisotopic (exact) mass is 332 g/mol. The van der Waals surface area contributed by atoms with E-state index in [1.165, 1.54) is 23.4 Å². The Labute approximate surface area is 139 Å². The van der Waals surface area contributed by atoms with Crippen LogP contribution in [0.4, 0.5) is 5.13 Å². The quantitative estimate of drug-likeness (QED) is 0.820. The molecule has 5 heteroatoms. The van der Waals surface area contributed by atoms with Crippen molar-refractivity contribution in [1.29, 1.82) is 0 Å². The van der Waals surface area contributed by atoms with Gasteiger partial charge in [0.15, 0.2) is 5.13 Å². The number of nitrogens with one attached hydrogen (secondary N) is 1. The molecule has 22 heavy (non-hydrogen) atoms. The van der Waals surface area contributed by atoms with Crippen LogP contribution in [0.1, 0.15) is 47.6 Å². The van der Waals surface area contributed by atoms with Crippen LogP contribution in [0.25, 0.3) is 0 Å².